The van der Waals surface area contributed by atoms with Gasteiger partial charge < -0.3 is 4.74 Å². The van der Waals surface area contributed by atoms with E-state index in [9.17, 15) is 4.79 Å². The summed E-state index contributed by atoms with van der Waals surface area (Å²) in [4.78, 5) is 11.7. The Morgan fingerprint density at radius 2 is 1.70 bits per heavy atom. The predicted octanol–water partition coefficient (Wildman–Crippen LogP) is 4.35. The predicted molar refractivity (Wildman–Crippen MR) is 79.1 cm³/mol. The summed E-state index contributed by atoms with van der Waals surface area (Å²) in [5.41, 5.74) is 2.43. The number of ether oxygens (including phenoxy) is 1. The van der Waals surface area contributed by atoms with Gasteiger partial charge in [0.15, 0.2) is 0 Å². The first-order chi connectivity index (χ1) is 9.66. The van der Waals surface area contributed by atoms with Crippen molar-refractivity contribution in [3.63, 3.8) is 0 Å². The van der Waals surface area contributed by atoms with Crippen LogP contribution in [0.1, 0.15) is 25.3 Å². The van der Waals surface area contributed by atoms with Crippen molar-refractivity contribution in [2.45, 2.75) is 25.2 Å². The Balaban J connectivity index is 1.61. The van der Waals surface area contributed by atoms with Gasteiger partial charge in [-0.25, -0.2) is 4.79 Å². The monoisotopic (exact) mass is 267 g/mol. The molecule has 102 valence electrons. The number of rotatable bonds is 3. The van der Waals surface area contributed by atoms with E-state index in [1.807, 2.05) is 30.3 Å². The molecule has 1 fully saturated rings. The molecule has 0 aliphatic heterocycles. The third kappa shape index (κ3) is 2.82. The zero-order valence-corrected chi connectivity index (χ0v) is 11.4. The summed E-state index contributed by atoms with van der Waals surface area (Å²) in [6.45, 7) is 2.26. The van der Waals surface area contributed by atoms with Gasteiger partial charge in [0.2, 0.25) is 0 Å². The summed E-state index contributed by atoms with van der Waals surface area (Å²) in [5, 5.41) is 2.73. The molecule has 0 radical (unpaired) electrons. The highest BCUT2D eigenvalue weighted by molar-refractivity contribution is 5.86. The van der Waals surface area contributed by atoms with Crippen LogP contribution in [0.3, 0.4) is 0 Å². The van der Waals surface area contributed by atoms with E-state index in [0.29, 0.717) is 11.2 Å². The maximum Gasteiger partial charge on any atom is 0.417 e. The number of carbonyl (C=O) groups excluding carboxylic acids is 1. The third-order valence-electron chi connectivity index (χ3n) is 3.78. The summed E-state index contributed by atoms with van der Waals surface area (Å²) in [5.74, 6) is 0.534. The Morgan fingerprint density at radius 3 is 2.30 bits per heavy atom. The van der Waals surface area contributed by atoms with Crippen LogP contribution in [-0.4, -0.2) is 6.09 Å². The van der Waals surface area contributed by atoms with Crippen molar-refractivity contribution < 1.29 is 9.53 Å². The lowest BCUT2D eigenvalue weighted by Gasteiger charge is -2.10. The number of benzene rings is 2. The van der Waals surface area contributed by atoms with Crippen LogP contribution in [0, 0.1) is 0 Å². The molecule has 0 unspecified atom stereocenters. The third-order valence-corrected chi connectivity index (χ3v) is 3.78. The number of hydrogen-bond donors (Lipinski definition) is 1. The van der Waals surface area contributed by atoms with Crippen LogP contribution in [0.2, 0.25) is 0 Å². The molecule has 3 rings (SSSR count). The molecular weight excluding hydrogens is 250 g/mol. The first-order valence-electron chi connectivity index (χ1n) is 6.80. The number of carbonyl (C=O) groups is 1. The van der Waals surface area contributed by atoms with Gasteiger partial charge in [-0.15, -0.1) is 0 Å². The number of anilines is 1. The van der Waals surface area contributed by atoms with Crippen LogP contribution in [-0.2, 0) is 5.41 Å². The Morgan fingerprint density at radius 1 is 1.05 bits per heavy atom. The fraction of sp³-hybridized carbons (Fsp3) is 0.235. The van der Waals surface area contributed by atoms with Crippen molar-refractivity contribution in [3.05, 3.63) is 60.2 Å². The second kappa shape index (κ2) is 5.00. The van der Waals surface area contributed by atoms with Crippen molar-refractivity contribution >= 4 is 11.8 Å². The fourth-order valence-corrected chi connectivity index (χ4v) is 2.17. The number of para-hydroxylation sites is 1. The molecule has 1 saturated carbocycles. The summed E-state index contributed by atoms with van der Waals surface area (Å²) in [7, 11) is 0. The largest absolute Gasteiger partial charge is 0.417 e. The summed E-state index contributed by atoms with van der Waals surface area (Å²) in [6, 6.07) is 17.0. The lowest BCUT2D eigenvalue weighted by Crippen LogP contribution is -2.16. The molecule has 3 heteroatoms. The highest BCUT2D eigenvalue weighted by Gasteiger charge is 2.38. The van der Waals surface area contributed by atoms with Crippen molar-refractivity contribution in [2.24, 2.45) is 0 Å². The molecule has 2 aromatic carbocycles. The van der Waals surface area contributed by atoms with E-state index in [1.165, 1.54) is 18.4 Å². The van der Waals surface area contributed by atoms with Crippen molar-refractivity contribution in [3.8, 4) is 5.75 Å². The molecule has 1 aliphatic rings. The van der Waals surface area contributed by atoms with Crippen molar-refractivity contribution in [1.29, 1.82) is 0 Å². The highest BCUT2D eigenvalue weighted by Crippen LogP contribution is 2.47. The van der Waals surface area contributed by atoms with Crippen molar-refractivity contribution in [2.75, 3.05) is 5.32 Å². The Bertz CT molecular complexity index is 601. The number of nitrogens with one attached hydrogen (secondary N) is 1. The topological polar surface area (TPSA) is 38.3 Å². The molecule has 2 aromatic rings. The van der Waals surface area contributed by atoms with Gasteiger partial charge in [-0.1, -0.05) is 37.3 Å². The van der Waals surface area contributed by atoms with Crippen LogP contribution in [0.15, 0.2) is 54.6 Å². The van der Waals surface area contributed by atoms with Gasteiger partial charge in [0, 0.05) is 5.69 Å². The van der Waals surface area contributed by atoms with Gasteiger partial charge in [-0.3, -0.25) is 5.32 Å². The van der Waals surface area contributed by atoms with E-state index in [-0.39, 0.29) is 0 Å². The SMILES string of the molecule is CC1(c2ccc(NC(=O)Oc3ccccc3)cc2)CC1. The molecule has 0 heterocycles. The van der Waals surface area contributed by atoms with Gasteiger partial charge in [0.05, 0.1) is 0 Å². The minimum absolute atomic E-state index is 0.350. The second-order valence-electron chi connectivity index (χ2n) is 5.47. The van der Waals surface area contributed by atoms with Crippen LogP contribution >= 0.6 is 0 Å². The second-order valence-corrected chi connectivity index (χ2v) is 5.47. The van der Waals surface area contributed by atoms with Crippen molar-refractivity contribution in [1.82, 2.24) is 0 Å². The normalized spacial score (nSPS) is 15.4. The van der Waals surface area contributed by atoms with Gasteiger partial charge in [0.25, 0.3) is 0 Å². The quantitative estimate of drug-likeness (QED) is 0.897. The van der Waals surface area contributed by atoms with E-state index in [2.05, 4.69) is 24.4 Å². The molecule has 0 aromatic heterocycles. The average Bonchev–Trinajstić information content (AvgIpc) is 3.20. The van der Waals surface area contributed by atoms with Gasteiger partial charge in [-0.2, -0.15) is 0 Å². The Kier molecular flexibility index (Phi) is 3.18. The molecule has 1 N–H and O–H groups in total. The van der Waals surface area contributed by atoms with Gasteiger partial charge >= 0.3 is 6.09 Å². The smallest absolute Gasteiger partial charge is 0.410 e. The highest BCUT2D eigenvalue weighted by atomic mass is 16.6. The maximum absolute atomic E-state index is 11.7. The average molecular weight is 267 g/mol. The molecule has 0 saturated heterocycles. The number of hydrogen-bond acceptors (Lipinski definition) is 2. The lowest BCUT2D eigenvalue weighted by atomic mass is 9.98. The minimum atomic E-state index is -0.471. The summed E-state index contributed by atoms with van der Waals surface area (Å²) < 4.78 is 5.18. The molecule has 1 aliphatic carbocycles. The molecule has 0 atom stereocenters. The van der Waals surface area contributed by atoms with E-state index >= 15 is 0 Å². The molecule has 20 heavy (non-hydrogen) atoms. The Hall–Kier alpha value is -2.29. The molecule has 1 amide bonds. The standard InChI is InChI=1S/C17H17NO2/c1-17(11-12-17)13-7-9-14(10-8-13)18-16(19)20-15-5-3-2-4-6-15/h2-10H,11-12H2,1H3,(H,18,19). The lowest BCUT2D eigenvalue weighted by molar-refractivity contribution is 0.215. The minimum Gasteiger partial charge on any atom is -0.410 e. The summed E-state index contributed by atoms with van der Waals surface area (Å²) in [6.07, 6.45) is 2.02. The Labute approximate surface area is 118 Å². The van der Waals surface area contributed by atoms with Crippen LogP contribution in [0.25, 0.3) is 0 Å². The molecule has 0 spiro atoms. The first kappa shape index (κ1) is 12.7. The zero-order valence-electron chi connectivity index (χ0n) is 11.4. The van der Waals surface area contributed by atoms with E-state index in [1.54, 1.807) is 12.1 Å². The van der Waals surface area contributed by atoms with E-state index < -0.39 is 6.09 Å². The summed E-state index contributed by atoms with van der Waals surface area (Å²) >= 11 is 0. The van der Waals surface area contributed by atoms with Gasteiger partial charge in [-0.05, 0) is 48.1 Å². The molecule has 0 bridgehead atoms. The molecular formula is C17H17NO2. The van der Waals surface area contributed by atoms with Crippen LogP contribution < -0.4 is 10.1 Å². The fourth-order valence-electron chi connectivity index (χ4n) is 2.17. The first-order valence-corrected chi connectivity index (χ1v) is 6.80. The van der Waals surface area contributed by atoms with E-state index in [0.717, 1.165) is 5.69 Å². The van der Waals surface area contributed by atoms with Crippen LogP contribution in [0.5, 0.6) is 5.75 Å². The van der Waals surface area contributed by atoms with E-state index in [4.69, 9.17) is 4.74 Å². The molecule has 3 nitrogen and oxygen atoms in total. The van der Waals surface area contributed by atoms with Gasteiger partial charge in [0.1, 0.15) is 5.75 Å². The zero-order chi connectivity index (χ0) is 14.0. The van der Waals surface area contributed by atoms with Crippen LogP contribution in [0.4, 0.5) is 10.5 Å². The number of amides is 1. The maximum atomic E-state index is 11.7.